The molecular formula is C15H22FNO3. The number of hydrogen-bond acceptors (Lipinski definition) is 3. The molecule has 0 fully saturated rings. The second kappa shape index (κ2) is 7.24. The topological polar surface area (TPSA) is 60.8 Å². The second-order valence-corrected chi connectivity index (χ2v) is 5.21. The fourth-order valence-electron chi connectivity index (χ4n) is 2.35. The largest absolute Gasteiger partial charge is 0.508 e. The lowest BCUT2D eigenvalue weighted by molar-refractivity contribution is -0.137. The third-order valence-corrected chi connectivity index (χ3v) is 3.41. The highest BCUT2D eigenvalue weighted by atomic mass is 19.1. The summed E-state index contributed by atoms with van der Waals surface area (Å²) in [4.78, 5) is 12.6. The van der Waals surface area contributed by atoms with Crippen LogP contribution in [0.2, 0.25) is 0 Å². The van der Waals surface area contributed by atoms with Crippen LogP contribution in [0.1, 0.15) is 45.2 Å². The Labute approximate surface area is 118 Å². The number of hydrogen-bond donors (Lipinski definition) is 2. The van der Waals surface area contributed by atoms with Crippen molar-refractivity contribution < 1.29 is 19.4 Å². The number of nitrogens with zero attached hydrogens (tertiary/aromatic N) is 1. The molecule has 0 amide bonds. The van der Waals surface area contributed by atoms with Crippen LogP contribution < -0.4 is 0 Å². The molecule has 0 saturated heterocycles. The third kappa shape index (κ3) is 4.49. The molecule has 0 saturated carbocycles. The van der Waals surface area contributed by atoms with Crippen LogP contribution in [0, 0.1) is 5.82 Å². The lowest BCUT2D eigenvalue weighted by Gasteiger charge is -2.33. The molecule has 0 heterocycles. The molecule has 0 aliphatic carbocycles. The minimum Gasteiger partial charge on any atom is -0.508 e. The van der Waals surface area contributed by atoms with E-state index in [2.05, 4.69) is 4.90 Å². The van der Waals surface area contributed by atoms with Crippen LogP contribution in [0.3, 0.4) is 0 Å². The van der Waals surface area contributed by atoms with Crippen molar-refractivity contribution in [1.82, 2.24) is 4.90 Å². The number of carbonyl (C=O) groups is 1. The maximum absolute atomic E-state index is 13.3. The van der Waals surface area contributed by atoms with E-state index < -0.39 is 5.97 Å². The van der Waals surface area contributed by atoms with Crippen molar-refractivity contribution in [3.63, 3.8) is 0 Å². The number of halogens is 1. The maximum atomic E-state index is 13.3. The Morgan fingerprint density at radius 1 is 1.35 bits per heavy atom. The average molecular weight is 283 g/mol. The normalized spacial score (nSPS) is 12.9. The van der Waals surface area contributed by atoms with E-state index in [1.165, 1.54) is 18.2 Å². The van der Waals surface area contributed by atoms with Crippen LogP contribution in [0.4, 0.5) is 4.39 Å². The molecule has 5 heteroatoms. The van der Waals surface area contributed by atoms with Crippen molar-refractivity contribution in [2.45, 2.75) is 45.7 Å². The van der Waals surface area contributed by atoms with E-state index in [0.29, 0.717) is 18.5 Å². The summed E-state index contributed by atoms with van der Waals surface area (Å²) in [6.45, 7) is 6.46. The SMILES string of the molecule is CC(C)N(CCCC(=O)O)C(C)c1cc(F)ccc1O. The Kier molecular flexibility index (Phi) is 5.95. The van der Waals surface area contributed by atoms with Gasteiger partial charge in [0, 0.05) is 24.1 Å². The number of carboxylic acid groups (broad SMARTS) is 1. The van der Waals surface area contributed by atoms with Gasteiger partial charge in [0.05, 0.1) is 0 Å². The first-order valence-corrected chi connectivity index (χ1v) is 6.79. The lowest BCUT2D eigenvalue weighted by atomic mass is 10.0. The molecule has 1 unspecified atom stereocenters. The van der Waals surface area contributed by atoms with Gasteiger partial charge in [-0.3, -0.25) is 9.69 Å². The number of phenols is 1. The molecule has 0 aliphatic rings. The molecule has 2 N–H and O–H groups in total. The third-order valence-electron chi connectivity index (χ3n) is 3.41. The van der Waals surface area contributed by atoms with Crippen molar-refractivity contribution in [3.8, 4) is 5.75 Å². The van der Waals surface area contributed by atoms with Crippen molar-refractivity contribution in [1.29, 1.82) is 0 Å². The summed E-state index contributed by atoms with van der Waals surface area (Å²) in [5.74, 6) is -1.16. The van der Waals surface area contributed by atoms with Gasteiger partial charge in [-0.05, 0) is 51.9 Å². The fraction of sp³-hybridized carbons (Fsp3) is 0.533. The molecule has 1 aromatic rings. The van der Waals surface area contributed by atoms with Crippen LogP contribution in [0.5, 0.6) is 5.75 Å². The summed E-state index contributed by atoms with van der Waals surface area (Å²) in [5, 5.41) is 18.6. The summed E-state index contributed by atoms with van der Waals surface area (Å²) in [6.07, 6.45) is 0.624. The molecule has 112 valence electrons. The number of phenolic OH excluding ortho intramolecular Hbond substituents is 1. The maximum Gasteiger partial charge on any atom is 0.303 e. The van der Waals surface area contributed by atoms with Crippen molar-refractivity contribution in [2.24, 2.45) is 0 Å². The summed E-state index contributed by atoms with van der Waals surface area (Å²) in [7, 11) is 0. The molecule has 1 aromatic carbocycles. The van der Waals surface area contributed by atoms with Crippen LogP contribution in [0.25, 0.3) is 0 Å². The molecule has 0 spiro atoms. The molecule has 0 bridgehead atoms. The van der Waals surface area contributed by atoms with Gasteiger partial charge in [-0.25, -0.2) is 4.39 Å². The van der Waals surface area contributed by atoms with E-state index >= 15 is 0 Å². The fourth-order valence-corrected chi connectivity index (χ4v) is 2.35. The van der Waals surface area contributed by atoms with Gasteiger partial charge in [-0.2, -0.15) is 0 Å². The minimum absolute atomic E-state index is 0.0581. The lowest BCUT2D eigenvalue weighted by Crippen LogP contribution is -2.34. The highest BCUT2D eigenvalue weighted by Crippen LogP contribution is 2.30. The highest BCUT2D eigenvalue weighted by molar-refractivity contribution is 5.66. The predicted molar refractivity (Wildman–Crippen MR) is 75.2 cm³/mol. The molecule has 0 aliphatic heterocycles. The van der Waals surface area contributed by atoms with Crippen LogP contribution >= 0.6 is 0 Å². The minimum atomic E-state index is -0.824. The van der Waals surface area contributed by atoms with Crippen LogP contribution in [-0.2, 0) is 4.79 Å². The smallest absolute Gasteiger partial charge is 0.303 e. The van der Waals surface area contributed by atoms with E-state index in [0.717, 1.165) is 0 Å². The first-order chi connectivity index (χ1) is 9.32. The highest BCUT2D eigenvalue weighted by Gasteiger charge is 2.21. The predicted octanol–water partition coefficient (Wildman–Crippen LogP) is 3.17. The molecule has 1 atom stereocenters. The van der Waals surface area contributed by atoms with Crippen LogP contribution in [0.15, 0.2) is 18.2 Å². The Bertz CT molecular complexity index is 462. The number of aromatic hydroxyl groups is 1. The molecule has 0 aromatic heterocycles. The van der Waals surface area contributed by atoms with Gasteiger partial charge in [0.25, 0.3) is 0 Å². The summed E-state index contributed by atoms with van der Waals surface area (Å²) in [6, 6.07) is 3.88. The molecule has 4 nitrogen and oxygen atoms in total. The van der Waals surface area contributed by atoms with Gasteiger partial charge in [0.15, 0.2) is 0 Å². The van der Waals surface area contributed by atoms with Gasteiger partial charge in [0.2, 0.25) is 0 Å². The van der Waals surface area contributed by atoms with E-state index in [-0.39, 0.29) is 30.1 Å². The number of rotatable bonds is 7. The summed E-state index contributed by atoms with van der Waals surface area (Å²) < 4.78 is 13.3. The first kappa shape index (κ1) is 16.4. The second-order valence-electron chi connectivity index (χ2n) is 5.21. The zero-order chi connectivity index (χ0) is 15.3. The van der Waals surface area contributed by atoms with E-state index in [4.69, 9.17) is 5.11 Å². The average Bonchev–Trinajstić information content (AvgIpc) is 2.36. The quantitative estimate of drug-likeness (QED) is 0.807. The van der Waals surface area contributed by atoms with E-state index in [9.17, 15) is 14.3 Å². The van der Waals surface area contributed by atoms with Crippen molar-refractivity contribution in [2.75, 3.05) is 6.54 Å². The van der Waals surface area contributed by atoms with Gasteiger partial charge in [0.1, 0.15) is 11.6 Å². The van der Waals surface area contributed by atoms with Gasteiger partial charge in [-0.1, -0.05) is 0 Å². The monoisotopic (exact) mass is 283 g/mol. The van der Waals surface area contributed by atoms with Crippen LogP contribution in [-0.4, -0.2) is 33.7 Å². The molecule has 1 rings (SSSR count). The number of benzene rings is 1. The summed E-state index contributed by atoms with van der Waals surface area (Å²) in [5.41, 5.74) is 0.522. The molecular weight excluding hydrogens is 261 g/mol. The van der Waals surface area contributed by atoms with Gasteiger partial charge < -0.3 is 10.2 Å². The van der Waals surface area contributed by atoms with Crippen molar-refractivity contribution in [3.05, 3.63) is 29.6 Å². The van der Waals surface area contributed by atoms with Crippen molar-refractivity contribution >= 4 is 5.97 Å². The van der Waals surface area contributed by atoms with Gasteiger partial charge in [-0.15, -0.1) is 0 Å². The standard InChI is InChI=1S/C15H22FNO3/c1-10(2)17(8-4-5-15(19)20)11(3)13-9-12(16)6-7-14(13)18/h6-7,9-11,18H,4-5,8H2,1-3H3,(H,19,20). The number of carboxylic acids is 1. The number of aliphatic carboxylic acids is 1. The zero-order valence-electron chi connectivity index (χ0n) is 12.1. The Morgan fingerprint density at radius 2 is 2.00 bits per heavy atom. The van der Waals surface area contributed by atoms with E-state index in [1.54, 1.807) is 0 Å². The Balaban J connectivity index is 2.85. The zero-order valence-corrected chi connectivity index (χ0v) is 12.1. The Morgan fingerprint density at radius 3 is 2.55 bits per heavy atom. The Hall–Kier alpha value is -1.62. The summed E-state index contributed by atoms with van der Waals surface area (Å²) >= 11 is 0. The van der Waals surface area contributed by atoms with Gasteiger partial charge >= 0.3 is 5.97 Å². The van der Waals surface area contributed by atoms with E-state index in [1.807, 2.05) is 20.8 Å². The first-order valence-electron chi connectivity index (χ1n) is 6.79. The molecule has 20 heavy (non-hydrogen) atoms. The molecule has 0 radical (unpaired) electrons.